The van der Waals surface area contributed by atoms with Crippen LogP contribution in [0.5, 0.6) is 11.5 Å². The summed E-state index contributed by atoms with van der Waals surface area (Å²) >= 11 is 0. The Morgan fingerprint density at radius 2 is 1.81 bits per heavy atom. The lowest BCUT2D eigenvalue weighted by Gasteiger charge is -2.20. The van der Waals surface area contributed by atoms with E-state index in [0.29, 0.717) is 28.3 Å². The number of nitrogens with one attached hydrogen (secondary N) is 1. The van der Waals surface area contributed by atoms with Crippen LogP contribution in [-0.2, 0) is 9.53 Å². The van der Waals surface area contributed by atoms with Crippen LogP contribution in [0.4, 0.5) is 0 Å². The SMILES string of the molecule is COC(=O)CC(NC(=O)c1cc2cnn(C(C)C)c2nc1C)c1ccc(OC)c(OC)c1. The molecule has 0 radical (unpaired) electrons. The topological polar surface area (TPSA) is 105 Å². The molecule has 3 rings (SSSR count). The molecule has 32 heavy (non-hydrogen) atoms. The molecular weight excluding hydrogens is 412 g/mol. The van der Waals surface area contributed by atoms with E-state index in [0.717, 1.165) is 11.0 Å². The summed E-state index contributed by atoms with van der Waals surface area (Å²) in [5.41, 5.74) is 2.39. The molecule has 1 unspecified atom stereocenters. The van der Waals surface area contributed by atoms with Crippen LogP contribution < -0.4 is 14.8 Å². The molecule has 0 saturated heterocycles. The normalized spacial score (nSPS) is 12.0. The Bertz CT molecular complexity index is 1140. The van der Waals surface area contributed by atoms with Gasteiger partial charge in [0.1, 0.15) is 0 Å². The zero-order chi connectivity index (χ0) is 23.4. The number of pyridine rings is 1. The smallest absolute Gasteiger partial charge is 0.307 e. The number of hydrogen-bond donors (Lipinski definition) is 1. The standard InChI is InChI=1S/C23H28N4O5/c1-13(2)27-22-16(12-24-27)9-17(14(3)25-22)23(29)26-18(11-21(28)32-6)15-7-8-19(30-4)20(10-15)31-5/h7-10,12-13,18H,11H2,1-6H3,(H,26,29). The van der Waals surface area contributed by atoms with Crippen molar-refractivity contribution < 1.29 is 23.8 Å². The monoisotopic (exact) mass is 440 g/mol. The molecule has 2 heterocycles. The number of nitrogens with zero attached hydrogens (tertiary/aromatic N) is 3. The minimum Gasteiger partial charge on any atom is -0.493 e. The minimum absolute atomic E-state index is 0.0439. The summed E-state index contributed by atoms with van der Waals surface area (Å²) in [5.74, 6) is 0.244. The average molecular weight is 441 g/mol. The molecule has 0 aliphatic carbocycles. The van der Waals surface area contributed by atoms with Crippen molar-refractivity contribution in [1.29, 1.82) is 0 Å². The van der Waals surface area contributed by atoms with Crippen LogP contribution in [0.1, 0.15) is 54.0 Å². The number of amides is 1. The Labute approximate surface area is 186 Å². The summed E-state index contributed by atoms with van der Waals surface area (Å²) < 4.78 is 17.3. The fourth-order valence-corrected chi connectivity index (χ4v) is 3.48. The van der Waals surface area contributed by atoms with Crippen molar-refractivity contribution in [3.63, 3.8) is 0 Å². The lowest BCUT2D eigenvalue weighted by Crippen LogP contribution is -2.31. The van der Waals surface area contributed by atoms with Gasteiger partial charge in [0.15, 0.2) is 17.1 Å². The Kier molecular flexibility index (Phi) is 6.97. The summed E-state index contributed by atoms with van der Waals surface area (Å²) in [6, 6.07) is 6.51. The van der Waals surface area contributed by atoms with Crippen LogP contribution in [0.15, 0.2) is 30.5 Å². The molecule has 0 aliphatic heterocycles. The number of ether oxygens (including phenoxy) is 3. The van der Waals surface area contributed by atoms with Gasteiger partial charge in [-0.05, 0) is 44.5 Å². The van der Waals surface area contributed by atoms with Crippen molar-refractivity contribution in [2.45, 2.75) is 39.3 Å². The van der Waals surface area contributed by atoms with E-state index in [9.17, 15) is 9.59 Å². The quantitative estimate of drug-likeness (QED) is 0.536. The number of aryl methyl sites for hydroxylation is 1. The third kappa shape index (κ3) is 4.66. The number of carbonyl (C=O) groups excluding carboxylic acids is 2. The molecule has 0 bridgehead atoms. The first-order valence-electron chi connectivity index (χ1n) is 10.2. The van der Waals surface area contributed by atoms with E-state index in [1.807, 2.05) is 18.5 Å². The molecule has 9 heteroatoms. The molecule has 3 aromatic rings. The van der Waals surface area contributed by atoms with Gasteiger partial charge in [0.25, 0.3) is 5.91 Å². The van der Waals surface area contributed by atoms with Crippen molar-refractivity contribution in [3.05, 3.63) is 47.3 Å². The summed E-state index contributed by atoms with van der Waals surface area (Å²) in [6.45, 7) is 5.81. The van der Waals surface area contributed by atoms with Crippen molar-refractivity contribution in [1.82, 2.24) is 20.1 Å². The second-order valence-corrected chi connectivity index (χ2v) is 7.64. The first-order chi connectivity index (χ1) is 15.3. The summed E-state index contributed by atoms with van der Waals surface area (Å²) in [7, 11) is 4.37. The number of benzene rings is 1. The van der Waals surface area contributed by atoms with E-state index in [4.69, 9.17) is 14.2 Å². The number of fused-ring (bicyclic) bond motifs is 1. The molecule has 9 nitrogen and oxygen atoms in total. The molecule has 1 N–H and O–H groups in total. The van der Waals surface area contributed by atoms with Crippen molar-refractivity contribution in [3.8, 4) is 11.5 Å². The van der Waals surface area contributed by atoms with Crippen molar-refractivity contribution in [2.75, 3.05) is 21.3 Å². The number of methoxy groups -OCH3 is 3. The van der Waals surface area contributed by atoms with Gasteiger partial charge in [0.2, 0.25) is 0 Å². The predicted octanol–water partition coefficient (Wildman–Crippen LogP) is 3.37. The second-order valence-electron chi connectivity index (χ2n) is 7.64. The minimum atomic E-state index is -0.636. The van der Waals surface area contributed by atoms with E-state index >= 15 is 0 Å². The second kappa shape index (κ2) is 9.67. The van der Waals surface area contributed by atoms with Gasteiger partial charge in [-0.3, -0.25) is 9.59 Å². The van der Waals surface area contributed by atoms with Gasteiger partial charge in [-0.25, -0.2) is 9.67 Å². The zero-order valence-electron chi connectivity index (χ0n) is 19.1. The Balaban J connectivity index is 1.95. The van der Waals surface area contributed by atoms with E-state index in [1.54, 1.807) is 44.5 Å². The molecule has 0 saturated carbocycles. The van der Waals surface area contributed by atoms with Crippen LogP contribution in [0, 0.1) is 6.92 Å². The predicted molar refractivity (Wildman–Crippen MR) is 119 cm³/mol. The van der Waals surface area contributed by atoms with E-state index in [-0.39, 0.29) is 18.4 Å². The fourth-order valence-electron chi connectivity index (χ4n) is 3.48. The maximum Gasteiger partial charge on any atom is 0.307 e. The Morgan fingerprint density at radius 1 is 1.09 bits per heavy atom. The lowest BCUT2D eigenvalue weighted by molar-refractivity contribution is -0.141. The van der Waals surface area contributed by atoms with Gasteiger partial charge in [-0.15, -0.1) is 0 Å². The molecule has 0 spiro atoms. The van der Waals surface area contributed by atoms with Crippen LogP contribution in [0.3, 0.4) is 0 Å². The molecule has 170 valence electrons. The molecule has 0 aliphatic rings. The van der Waals surface area contributed by atoms with Gasteiger partial charge < -0.3 is 19.5 Å². The molecule has 2 aromatic heterocycles. The first kappa shape index (κ1) is 23.1. The summed E-state index contributed by atoms with van der Waals surface area (Å²) in [4.78, 5) is 29.8. The average Bonchev–Trinajstić information content (AvgIpc) is 3.20. The molecule has 1 atom stereocenters. The number of esters is 1. The number of hydrogen-bond acceptors (Lipinski definition) is 7. The van der Waals surface area contributed by atoms with E-state index in [1.165, 1.54) is 14.2 Å². The van der Waals surface area contributed by atoms with Crippen LogP contribution in [0.2, 0.25) is 0 Å². The molecule has 1 aromatic carbocycles. The number of carbonyl (C=O) groups is 2. The number of aromatic nitrogens is 3. The highest BCUT2D eigenvalue weighted by atomic mass is 16.5. The van der Waals surface area contributed by atoms with Crippen molar-refractivity contribution >= 4 is 22.9 Å². The van der Waals surface area contributed by atoms with Gasteiger partial charge in [-0.2, -0.15) is 5.10 Å². The summed E-state index contributed by atoms with van der Waals surface area (Å²) in [5, 5.41) is 8.07. The zero-order valence-corrected chi connectivity index (χ0v) is 19.1. The first-order valence-corrected chi connectivity index (χ1v) is 10.2. The molecule has 0 fully saturated rings. The van der Waals surface area contributed by atoms with Gasteiger partial charge in [0, 0.05) is 11.4 Å². The van der Waals surface area contributed by atoms with E-state index < -0.39 is 12.0 Å². The Hall–Kier alpha value is -3.62. The molecule has 1 amide bonds. The third-order valence-electron chi connectivity index (χ3n) is 5.21. The highest BCUT2D eigenvalue weighted by Gasteiger charge is 2.23. The Morgan fingerprint density at radius 3 is 2.44 bits per heavy atom. The van der Waals surface area contributed by atoms with Crippen LogP contribution in [0.25, 0.3) is 11.0 Å². The highest BCUT2D eigenvalue weighted by molar-refractivity contribution is 5.98. The third-order valence-corrected chi connectivity index (χ3v) is 5.21. The highest BCUT2D eigenvalue weighted by Crippen LogP contribution is 2.31. The maximum absolute atomic E-state index is 13.2. The molecular formula is C23H28N4O5. The van der Waals surface area contributed by atoms with E-state index in [2.05, 4.69) is 15.4 Å². The van der Waals surface area contributed by atoms with Gasteiger partial charge in [-0.1, -0.05) is 6.07 Å². The fraction of sp³-hybridized carbons (Fsp3) is 0.391. The lowest BCUT2D eigenvalue weighted by atomic mass is 10.0. The largest absolute Gasteiger partial charge is 0.493 e. The van der Waals surface area contributed by atoms with Gasteiger partial charge in [0.05, 0.1) is 51.2 Å². The van der Waals surface area contributed by atoms with Crippen LogP contribution >= 0.6 is 0 Å². The summed E-state index contributed by atoms with van der Waals surface area (Å²) in [6.07, 6.45) is 1.65. The number of rotatable bonds is 8. The van der Waals surface area contributed by atoms with Crippen molar-refractivity contribution in [2.24, 2.45) is 0 Å². The van der Waals surface area contributed by atoms with Crippen LogP contribution in [-0.4, -0.2) is 48.0 Å². The maximum atomic E-state index is 13.2. The van der Waals surface area contributed by atoms with Gasteiger partial charge >= 0.3 is 5.97 Å².